The molecule has 1 heterocycles. The summed E-state index contributed by atoms with van der Waals surface area (Å²) >= 11 is 0. The maximum atomic E-state index is 11.4. The van der Waals surface area contributed by atoms with Crippen molar-refractivity contribution in [1.29, 1.82) is 0 Å². The maximum absolute atomic E-state index is 11.4. The van der Waals surface area contributed by atoms with Gasteiger partial charge in [0, 0.05) is 20.5 Å². The van der Waals surface area contributed by atoms with E-state index in [1.165, 1.54) is 4.90 Å². The number of amides is 1. The Hall–Kier alpha value is -2.21. The third-order valence-corrected chi connectivity index (χ3v) is 2.77. The molecule has 0 radical (unpaired) electrons. The Morgan fingerprint density at radius 3 is 2.75 bits per heavy atom. The molecule has 1 aromatic heterocycles. The molecule has 2 aromatic rings. The van der Waals surface area contributed by atoms with Crippen LogP contribution in [0.15, 0.2) is 34.9 Å². The second-order valence-electron chi connectivity index (χ2n) is 4.66. The molecular formula is C14H18N4O2. The van der Waals surface area contributed by atoms with Crippen molar-refractivity contribution in [2.24, 2.45) is 0 Å². The second-order valence-corrected chi connectivity index (χ2v) is 4.66. The van der Waals surface area contributed by atoms with Gasteiger partial charge in [0.15, 0.2) is 5.82 Å². The van der Waals surface area contributed by atoms with Gasteiger partial charge in [0.2, 0.25) is 11.8 Å². The molecule has 0 spiro atoms. The quantitative estimate of drug-likeness (QED) is 0.845. The highest BCUT2D eigenvalue weighted by atomic mass is 16.5. The molecule has 0 unspecified atom stereocenters. The molecule has 2 rings (SSSR count). The van der Waals surface area contributed by atoms with Gasteiger partial charge in [-0.2, -0.15) is 4.98 Å². The second kappa shape index (κ2) is 6.81. The van der Waals surface area contributed by atoms with Crippen molar-refractivity contribution in [3.63, 3.8) is 0 Å². The molecule has 106 valence electrons. The summed E-state index contributed by atoms with van der Waals surface area (Å²) in [5.74, 6) is 1.14. The summed E-state index contributed by atoms with van der Waals surface area (Å²) in [5, 5.41) is 6.90. The van der Waals surface area contributed by atoms with Crippen molar-refractivity contribution >= 4 is 5.91 Å². The molecule has 1 aromatic carbocycles. The minimum Gasteiger partial charge on any atom is -0.348 e. The van der Waals surface area contributed by atoms with Crippen molar-refractivity contribution < 1.29 is 9.32 Å². The van der Waals surface area contributed by atoms with Crippen LogP contribution in [0.5, 0.6) is 0 Å². The molecule has 20 heavy (non-hydrogen) atoms. The smallest absolute Gasteiger partial charge is 0.240 e. The number of hydrogen-bond acceptors (Lipinski definition) is 5. The molecule has 6 nitrogen and oxygen atoms in total. The lowest BCUT2D eigenvalue weighted by Gasteiger charge is -2.09. The molecule has 1 N–H and O–H groups in total. The third kappa shape index (κ3) is 4.17. The van der Waals surface area contributed by atoms with Gasteiger partial charge >= 0.3 is 0 Å². The summed E-state index contributed by atoms with van der Waals surface area (Å²) < 4.78 is 5.13. The fourth-order valence-corrected chi connectivity index (χ4v) is 1.65. The molecule has 6 heteroatoms. The fourth-order valence-electron chi connectivity index (χ4n) is 1.65. The fraction of sp³-hybridized carbons (Fsp3) is 0.357. The van der Waals surface area contributed by atoms with Crippen LogP contribution in [-0.4, -0.2) is 41.6 Å². The number of benzene rings is 1. The zero-order chi connectivity index (χ0) is 14.4. The average Bonchev–Trinajstić information content (AvgIpc) is 2.87. The Labute approximate surface area is 117 Å². The van der Waals surface area contributed by atoms with Gasteiger partial charge in [0.1, 0.15) is 0 Å². The van der Waals surface area contributed by atoms with Crippen LogP contribution in [0, 0.1) is 0 Å². The lowest BCUT2D eigenvalue weighted by atomic mass is 10.1. The van der Waals surface area contributed by atoms with Gasteiger partial charge < -0.3 is 9.42 Å². The molecule has 1 amide bonds. The molecule has 0 fully saturated rings. The van der Waals surface area contributed by atoms with E-state index in [2.05, 4.69) is 15.5 Å². The standard InChI is InChI=1S/C14H18N4O2/c1-18(2)14(19)10-15-9-13-16-12(17-20-13)8-11-6-4-3-5-7-11/h3-7,15H,8-10H2,1-2H3. The SMILES string of the molecule is CN(C)C(=O)CNCc1nc(Cc2ccccc2)no1. The molecular weight excluding hydrogens is 256 g/mol. The molecule has 0 aliphatic carbocycles. The van der Waals surface area contributed by atoms with Crippen LogP contribution in [0.2, 0.25) is 0 Å². The zero-order valence-corrected chi connectivity index (χ0v) is 11.7. The minimum absolute atomic E-state index is 0.00836. The number of carbonyl (C=O) groups is 1. The first kappa shape index (κ1) is 14.2. The summed E-state index contributed by atoms with van der Waals surface area (Å²) in [4.78, 5) is 17.2. The van der Waals surface area contributed by atoms with Crippen LogP contribution in [0.25, 0.3) is 0 Å². The van der Waals surface area contributed by atoms with Gasteiger partial charge in [-0.3, -0.25) is 10.1 Å². The molecule has 0 atom stereocenters. The summed E-state index contributed by atoms with van der Waals surface area (Å²) in [6.45, 7) is 0.644. The normalized spacial score (nSPS) is 10.5. The maximum Gasteiger partial charge on any atom is 0.240 e. The van der Waals surface area contributed by atoms with Crippen molar-refractivity contribution in [2.45, 2.75) is 13.0 Å². The lowest BCUT2D eigenvalue weighted by molar-refractivity contribution is -0.127. The number of carbonyl (C=O) groups excluding carboxylic acids is 1. The first-order chi connectivity index (χ1) is 9.65. The topological polar surface area (TPSA) is 71.3 Å². The summed E-state index contributed by atoms with van der Waals surface area (Å²) in [7, 11) is 3.43. The number of aromatic nitrogens is 2. The van der Waals surface area contributed by atoms with Crippen molar-refractivity contribution in [1.82, 2.24) is 20.4 Å². The number of nitrogens with one attached hydrogen (secondary N) is 1. The van der Waals surface area contributed by atoms with Gasteiger partial charge in [-0.05, 0) is 5.56 Å². The molecule has 0 saturated heterocycles. The van der Waals surface area contributed by atoms with Crippen molar-refractivity contribution in [3.05, 3.63) is 47.6 Å². The first-order valence-corrected chi connectivity index (χ1v) is 6.41. The number of nitrogens with zero attached hydrogens (tertiary/aromatic N) is 3. The molecule has 0 bridgehead atoms. The average molecular weight is 274 g/mol. The van der Waals surface area contributed by atoms with Gasteiger partial charge in [-0.1, -0.05) is 35.5 Å². The van der Waals surface area contributed by atoms with Crippen LogP contribution in [0.4, 0.5) is 0 Å². The van der Waals surface area contributed by atoms with E-state index >= 15 is 0 Å². The Morgan fingerprint density at radius 1 is 1.30 bits per heavy atom. The monoisotopic (exact) mass is 274 g/mol. The van der Waals surface area contributed by atoms with Crippen LogP contribution >= 0.6 is 0 Å². The predicted molar refractivity (Wildman–Crippen MR) is 73.9 cm³/mol. The van der Waals surface area contributed by atoms with E-state index in [1.807, 2.05) is 30.3 Å². The van der Waals surface area contributed by atoms with E-state index in [9.17, 15) is 4.79 Å². The van der Waals surface area contributed by atoms with Crippen LogP contribution < -0.4 is 5.32 Å². The highest BCUT2D eigenvalue weighted by molar-refractivity contribution is 5.77. The van der Waals surface area contributed by atoms with Crippen LogP contribution in [-0.2, 0) is 17.8 Å². The predicted octanol–water partition coefficient (Wildman–Crippen LogP) is 0.838. The summed E-state index contributed by atoms with van der Waals surface area (Å²) in [5.41, 5.74) is 1.13. The number of hydrogen-bond donors (Lipinski definition) is 1. The molecule has 0 aliphatic heterocycles. The highest BCUT2D eigenvalue weighted by Gasteiger charge is 2.08. The Balaban J connectivity index is 1.82. The summed E-state index contributed by atoms with van der Waals surface area (Å²) in [6.07, 6.45) is 0.640. The van der Waals surface area contributed by atoms with Crippen LogP contribution in [0.3, 0.4) is 0 Å². The Kier molecular flexibility index (Phi) is 4.84. The number of rotatable bonds is 6. The first-order valence-electron chi connectivity index (χ1n) is 6.41. The summed E-state index contributed by atoms with van der Waals surface area (Å²) in [6, 6.07) is 9.96. The van der Waals surface area contributed by atoms with Gasteiger partial charge in [-0.15, -0.1) is 0 Å². The van der Waals surface area contributed by atoms with Gasteiger partial charge in [0.25, 0.3) is 0 Å². The van der Waals surface area contributed by atoms with E-state index in [0.717, 1.165) is 5.56 Å². The van der Waals surface area contributed by atoms with Crippen molar-refractivity contribution in [2.75, 3.05) is 20.6 Å². The number of likely N-dealkylation sites (N-methyl/N-ethyl adjacent to an activating group) is 1. The Morgan fingerprint density at radius 2 is 2.05 bits per heavy atom. The third-order valence-electron chi connectivity index (χ3n) is 2.77. The lowest BCUT2D eigenvalue weighted by Crippen LogP contribution is -2.32. The Bertz CT molecular complexity index is 551. The zero-order valence-electron chi connectivity index (χ0n) is 11.7. The van der Waals surface area contributed by atoms with Crippen LogP contribution in [0.1, 0.15) is 17.3 Å². The van der Waals surface area contributed by atoms with E-state index in [4.69, 9.17) is 4.52 Å². The minimum atomic E-state index is 0.00836. The van der Waals surface area contributed by atoms with E-state index in [1.54, 1.807) is 14.1 Å². The highest BCUT2D eigenvalue weighted by Crippen LogP contribution is 2.06. The molecule has 0 aliphatic rings. The van der Waals surface area contributed by atoms with E-state index in [0.29, 0.717) is 24.7 Å². The van der Waals surface area contributed by atoms with Crippen molar-refractivity contribution in [3.8, 4) is 0 Å². The van der Waals surface area contributed by atoms with E-state index < -0.39 is 0 Å². The van der Waals surface area contributed by atoms with Gasteiger partial charge in [0.05, 0.1) is 13.1 Å². The molecule has 0 saturated carbocycles. The largest absolute Gasteiger partial charge is 0.348 e. The van der Waals surface area contributed by atoms with E-state index in [-0.39, 0.29) is 12.5 Å². The van der Waals surface area contributed by atoms with Gasteiger partial charge in [-0.25, -0.2) is 0 Å².